The first-order chi connectivity index (χ1) is 15.8. The molecule has 3 N–H and O–H groups in total. The van der Waals surface area contributed by atoms with Crippen LogP contribution >= 0.6 is 0 Å². The minimum atomic E-state index is -1.03. The van der Waals surface area contributed by atoms with E-state index in [2.05, 4.69) is 10.6 Å². The summed E-state index contributed by atoms with van der Waals surface area (Å²) in [6.07, 6.45) is 3.54. The van der Waals surface area contributed by atoms with Gasteiger partial charge in [0.25, 0.3) is 11.8 Å². The number of hydrogen-bond acceptors (Lipinski definition) is 6. The first-order valence-electron chi connectivity index (χ1n) is 10.5. The van der Waals surface area contributed by atoms with Crippen LogP contribution in [-0.4, -0.2) is 48.0 Å². The average molecular weight is 464 g/mol. The van der Waals surface area contributed by atoms with Crippen molar-refractivity contribution in [1.82, 2.24) is 15.3 Å². The Bertz CT molecular complexity index is 1100. The molecular formula is C22H26F2N4O5. The van der Waals surface area contributed by atoms with Gasteiger partial charge in [-0.3, -0.25) is 24.1 Å². The lowest BCUT2D eigenvalue weighted by molar-refractivity contribution is 0.0846. The topological polar surface area (TPSA) is 113 Å². The molecule has 0 saturated carbocycles. The van der Waals surface area contributed by atoms with Crippen molar-refractivity contribution < 1.29 is 28.2 Å². The van der Waals surface area contributed by atoms with E-state index in [1.165, 1.54) is 16.9 Å². The summed E-state index contributed by atoms with van der Waals surface area (Å²) in [6, 6.07) is 2.91. The fraction of sp³-hybridized carbons (Fsp3) is 0.409. The lowest BCUT2D eigenvalue weighted by Crippen LogP contribution is -2.53. The van der Waals surface area contributed by atoms with E-state index in [9.17, 15) is 28.3 Å². The molecular weight excluding hydrogens is 438 g/mol. The van der Waals surface area contributed by atoms with E-state index in [-0.39, 0.29) is 30.6 Å². The molecule has 2 aromatic rings. The molecule has 0 saturated heterocycles. The first-order valence-corrected chi connectivity index (χ1v) is 10.5. The van der Waals surface area contributed by atoms with Crippen molar-refractivity contribution in [3.05, 3.63) is 63.1 Å². The highest BCUT2D eigenvalue weighted by Gasteiger charge is 2.30. The highest BCUT2D eigenvalue weighted by molar-refractivity contribution is 5.99. The van der Waals surface area contributed by atoms with Crippen LogP contribution in [0.2, 0.25) is 0 Å². The van der Waals surface area contributed by atoms with Crippen LogP contribution in [0.5, 0.6) is 5.75 Å². The van der Waals surface area contributed by atoms with E-state index >= 15 is 0 Å². The molecule has 1 aromatic heterocycles. The molecule has 0 bridgehead atoms. The Kier molecular flexibility index (Phi) is 7.64. The van der Waals surface area contributed by atoms with Gasteiger partial charge in [0.1, 0.15) is 23.9 Å². The predicted molar refractivity (Wildman–Crippen MR) is 116 cm³/mol. The molecule has 1 aliphatic heterocycles. The van der Waals surface area contributed by atoms with Crippen molar-refractivity contribution >= 4 is 11.8 Å². The normalized spacial score (nSPS) is 13.9. The van der Waals surface area contributed by atoms with Gasteiger partial charge in [0, 0.05) is 38.0 Å². The number of benzene rings is 1. The number of methoxy groups -OCH3 is 1. The monoisotopic (exact) mass is 464 g/mol. The fourth-order valence-corrected chi connectivity index (χ4v) is 3.63. The van der Waals surface area contributed by atoms with Crippen molar-refractivity contribution in [2.75, 3.05) is 25.3 Å². The lowest BCUT2D eigenvalue weighted by atomic mass is 10.1. The molecule has 1 atom stereocenters. The predicted octanol–water partition coefficient (Wildman–Crippen LogP) is 1.61. The van der Waals surface area contributed by atoms with Crippen molar-refractivity contribution in [2.24, 2.45) is 0 Å². The fourth-order valence-electron chi connectivity index (χ4n) is 3.63. The maximum Gasteiger partial charge on any atom is 0.275 e. The molecule has 0 radical (unpaired) electrons. The van der Waals surface area contributed by atoms with E-state index in [4.69, 9.17) is 4.74 Å². The van der Waals surface area contributed by atoms with Gasteiger partial charge >= 0.3 is 0 Å². The molecule has 1 unspecified atom stereocenters. The summed E-state index contributed by atoms with van der Waals surface area (Å²) in [5, 5.41) is 17.0. The summed E-state index contributed by atoms with van der Waals surface area (Å²) in [7, 11) is 1.61. The number of fused-ring (bicyclic) bond motifs is 1. The maximum atomic E-state index is 13.8. The number of hydrogen-bond donors (Lipinski definition) is 3. The second-order valence-corrected chi connectivity index (χ2v) is 7.66. The quantitative estimate of drug-likeness (QED) is 0.520. The second-order valence-electron chi connectivity index (χ2n) is 7.66. The maximum absolute atomic E-state index is 13.8. The van der Waals surface area contributed by atoms with E-state index in [0.29, 0.717) is 19.0 Å². The van der Waals surface area contributed by atoms with Crippen molar-refractivity contribution in [2.45, 2.75) is 38.8 Å². The zero-order chi connectivity index (χ0) is 24.1. The summed E-state index contributed by atoms with van der Waals surface area (Å²) in [5.74, 6) is -4.00. The summed E-state index contributed by atoms with van der Waals surface area (Å²) < 4.78 is 33.6. The molecule has 9 nitrogen and oxygen atoms in total. The van der Waals surface area contributed by atoms with Crippen LogP contribution in [0.15, 0.2) is 29.2 Å². The van der Waals surface area contributed by atoms with Gasteiger partial charge in [-0.2, -0.15) is 0 Å². The molecule has 2 amide bonds. The number of pyridine rings is 1. The SMILES string of the molecule is CCCC(CCN1CNC(=O)c2c(O)c(=O)c(C(=O)NCc3ccc(F)cc3F)cn21)OC. The molecule has 2 heterocycles. The number of halogens is 2. The van der Waals surface area contributed by atoms with Crippen LogP contribution in [0.25, 0.3) is 0 Å². The van der Waals surface area contributed by atoms with Gasteiger partial charge in [-0.1, -0.05) is 19.4 Å². The average Bonchev–Trinajstić information content (AvgIpc) is 2.78. The molecule has 33 heavy (non-hydrogen) atoms. The Morgan fingerprint density at radius 1 is 1.30 bits per heavy atom. The first kappa shape index (κ1) is 24.2. The van der Waals surface area contributed by atoms with Crippen LogP contribution in [0, 0.1) is 11.6 Å². The molecule has 1 aliphatic rings. The summed E-state index contributed by atoms with van der Waals surface area (Å²) >= 11 is 0. The van der Waals surface area contributed by atoms with Gasteiger partial charge in [0.2, 0.25) is 5.43 Å². The summed E-state index contributed by atoms with van der Waals surface area (Å²) in [4.78, 5) is 37.6. The number of carbonyl (C=O) groups excluding carboxylic acids is 2. The molecule has 0 aliphatic carbocycles. The van der Waals surface area contributed by atoms with Crippen LogP contribution in [0.1, 0.15) is 52.6 Å². The van der Waals surface area contributed by atoms with E-state index in [1.54, 1.807) is 12.1 Å². The lowest BCUT2D eigenvalue weighted by Gasteiger charge is -2.34. The molecule has 0 spiro atoms. The van der Waals surface area contributed by atoms with E-state index < -0.39 is 40.2 Å². The van der Waals surface area contributed by atoms with E-state index in [0.717, 1.165) is 18.9 Å². The summed E-state index contributed by atoms with van der Waals surface area (Å²) in [5.41, 5.74) is -1.71. The zero-order valence-electron chi connectivity index (χ0n) is 18.4. The van der Waals surface area contributed by atoms with Crippen molar-refractivity contribution in [3.8, 4) is 5.75 Å². The van der Waals surface area contributed by atoms with Gasteiger partial charge in [0.15, 0.2) is 11.4 Å². The van der Waals surface area contributed by atoms with Gasteiger partial charge in [-0.05, 0) is 18.9 Å². The Morgan fingerprint density at radius 2 is 2.06 bits per heavy atom. The van der Waals surface area contributed by atoms with Crippen molar-refractivity contribution in [1.29, 1.82) is 0 Å². The smallest absolute Gasteiger partial charge is 0.275 e. The minimum Gasteiger partial charge on any atom is -0.502 e. The number of nitrogens with one attached hydrogen (secondary N) is 2. The highest BCUT2D eigenvalue weighted by atomic mass is 19.1. The minimum absolute atomic E-state index is 0.0163. The van der Waals surface area contributed by atoms with Gasteiger partial charge < -0.3 is 20.5 Å². The van der Waals surface area contributed by atoms with Gasteiger partial charge in [0.05, 0.1) is 6.10 Å². The number of rotatable bonds is 9. The molecule has 0 fully saturated rings. The number of nitrogens with zero attached hydrogens (tertiary/aromatic N) is 2. The Hall–Kier alpha value is -3.47. The van der Waals surface area contributed by atoms with Crippen molar-refractivity contribution in [3.63, 3.8) is 0 Å². The van der Waals surface area contributed by atoms with Crippen LogP contribution in [0.3, 0.4) is 0 Å². The third-order valence-corrected chi connectivity index (χ3v) is 5.46. The third kappa shape index (κ3) is 5.30. The van der Waals surface area contributed by atoms with E-state index in [1.807, 2.05) is 6.92 Å². The Labute approximate surface area is 188 Å². The number of aromatic hydroxyl groups is 1. The molecule has 178 valence electrons. The van der Waals surface area contributed by atoms with Crippen LogP contribution < -0.4 is 21.1 Å². The van der Waals surface area contributed by atoms with Gasteiger partial charge in [-0.25, -0.2) is 8.78 Å². The highest BCUT2D eigenvalue weighted by Crippen LogP contribution is 2.18. The Balaban J connectivity index is 1.86. The largest absolute Gasteiger partial charge is 0.502 e. The summed E-state index contributed by atoms with van der Waals surface area (Å²) in [6.45, 7) is 2.24. The zero-order valence-corrected chi connectivity index (χ0v) is 18.4. The number of carbonyl (C=O) groups is 2. The number of amides is 2. The second kappa shape index (κ2) is 10.4. The molecule has 11 heteroatoms. The Morgan fingerprint density at radius 3 is 2.73 bits per heavy atom. The number of ether oxygens (including phenoxy) is 1. The molecule has 1 aromatic carbocycles. The third-order valence-electron chi connectivity index (χ3n) is 5.46. The van der Waals surface area contributed by atoms with Crippen LogP contribution in [-0.2, 0) is 11.3 Å². The van der Waals surface area contributed by atoms with Crippen LogP contribution in [0.4, 0.5) is 8.78 Å². The standard InChI is InChI=1S/C22H26F2N4O5/c1-3-4-15(33-2)7-8-27-12-26-22(32)18-20(30)19(29)16(11-28(18)27)21(31)25-10-13-5-6-14(23)9-17(13)24/h5-6,9,11,15,30H,3-4,7-8,10,12H2,1-2H3,(H,25,31)(H,26,32). The van der Waals surface area contributed by atoms with Gasteiger partial charge in [-0.15, -0.1) is 0 Å². The number of aromatic nitrogens is 1. The molecule has 3 rings (SSSR count).